The highest BCUT2D eigenvalue weighted by Crippen LogP contribution is 2.10. The average Bonchev–Trinajstić information content (AvgIpc) is 2.27. The smallest absolute Gasteiger partial charge is 0.237 e. The number of nitrogens with one attached hydrogen (secondary N) is 2. The lowest BCUT2D eigenvalue weighted by atomic mass is 10.0. The van der Waals surface area contributed by atoms with Gasteiger partial charge in [0, 0.05) is 31.2 Å². The minimum absolute atomic E-state index is 0.0367. The molecule has 1 amide bonds. The number of nitrogens with zero attached hydrogens (tertiary/aromatic N) is 1. The summed E-state index contributed by atoms with van der Waals surface area (Å²) in [6.45, 7) is 13.3. The molecule has 1 heterocycles. The van der Waals surface area contributed by atoms with E-state index < -0.39 is 0 Å². The van der Waals surface area contributed by atoms with Gasteiger partial charge in [0.25, 0.3) is 0 Å². The summed E-state index contributed by atoms with van der Waals surface area (Å²) in [4.78, 5) is 14.4. The minimum atomic E-state index is -0.106. The van der Waals surface area contributed by atoms with Crippen molar-refractivity contribution in [3.05, 3.63) is 0 Å². The zero-order chi connectivity index (χ0) is 13.1. The molecule has 0 aromatic carbocycles. The minimum Gasteiger partial charge on any atom is -0.350 e. The molecule has 100 valence electrons. The molecule has 2 unspecified atom stereocenters. The second-order valence-electron chi connectivity index (χ2n) is 5.75. The van der Waals surface area contributed by atoms with Crippen LogP contribution in [0, 0.1) is 0 Å². The number of hydrogen-bond acceptors (Lipinski definition) is 3. The molecule has 1 aliphatic rings. The third-order valence-electron chi connectivity index (χ3n) is 3.67. The van der Waals surface area contributed by atoms with Gasteiger partial charge < -0.3 is 10.6 Å². The molecular weight excluding hydrogens is 214 g/mol. The van der Waals surface area contributed by atoms with E-state index in [0.29, 0.717) is 6.04 Å². The molecule has 0 aliphatic carbocycles. The Hall–Kier alpha value is -0.610. The van der Waals surface area contributed by atoms with Crippen molar-refractivity contribution in [1.82, 2.24) is 15.5 Å². The third kappa shape index (κ3) is 4.28. The zero-order valence-electron chi connectivity index (χ0n) is 11.8. The van der Waals surface area contributed by atoms with Gasteiger partial charge in [-0.1, -0.05) is 6.92 Å². The fourth-order valence-corrected chi connectivity index (χ4v) is 2.01. The van der Waals surface area contributed by atoms with Crippen LogP contribution in [0.4, 0.5) is 0 Å². The molecule has 17 heavy (non-hydrogen) atoms. The molecule has 0 aromatic rings. The van der Waals surface area contributed by atoms with Crippen LogP contribution in [-0.2, 0) is 4.79 Å². The summed E-state index contributed by atoms with van der Waals surface area (Å²) in [6, 6.07) is 0.434. The van der Waals surface area contributed by atoms with Crippen LogP contribution in [0.3, 0.4) is 0 Å². The quantitative estimate of drug-likeness (QED) is 0.771. The molecule has 2 atom stereocenters. The Morgan fingerprint density at radius 1 is 1.59 bits per heavy atom. The first-order valence-corrected chi connectivity index (χ1v) is 6.65. The summed E-state index contributed by atoms with van der Waals surface area (Å²) in [6.07, 6.45) is 0.948. The number of rotatable bonds is 4. The third-order valence-corrected chi connectivity index (χ3v) is 3.67. The van der Waals surface area contributed by atoms with Gasteiger partial charge in [-0.3, -0.25) is 9.69 Å². The van der Waals surface area contributed by atoms with Crippen molar-refractivity contribution in [2.24, 2.45) is 0 Å². The molecule has 0 saturated carbocycles. The fraction of sp³-hybridized carbons (Fsp3) is 0.923. The molecule has 4 heteroatoms. The van der Waals surface area contributed by atoms with Crippen LogP contribution in [-0.4, -0.2) is 48.1 Å². The second-order valence-corrected chi connectivity index (χ2v) is 5.75. The van der Waals surface area contributed by atoms with E-state index in [4.69, 9.17) is 0 Å². The van der Waals surface area contributed by atoms with Gasteiger partial charge in [-0.15, -0.1) is 0 Å². The van der Waals surface area contributed by atoms with E-state index >= 15 is 0 Å². The molecular formula is C13H27N3O. The maximum atomic E-state index is 12.2. The Labute approximate surface area is 105 Å². The van der Waals surface area contributed by atoms with Crippen LogP contribution in [0.1, 0.15) is 41.0 Å². The summed E-state index contributed by atoms with van der Waals surface area (Å²) in [5.74, 6) is 0.144. The molecule has 0 aromatic heterocycles. The van der Waals surface area contributed by atoms with Crippen molar-refractivity contribution in [2.75, 3.05) is 19.6 Å². The zero-order valence-corrected chi connectivity index (χ0v) is 11.8. The van der Waals surface area contributed by atoms with Crippen LogP contribution in [0.25, 0.3) is 0 Å². The summed E-state index contributed by atoms with van der Waals surface area (Å²) >= 11 is 0. The summed E-state index contributed by atoms with van der Waals surface area (Å²) in [7, 11) is 0. The topological polar surface area (TPSA) is 44.4 Å². The first-order valence-electron chi connectivity index (χ1n) is 6.65. The first kappa shape index (κ1) is 14.5. The monoisotopic (exact) mass is 241 g/mol. The lowest BCUT2D eigenvalue weighted by molar-refractivity contribution is -0.128. The average molecular weight is 241 g/mol. The van der Waals surface area contributed by atoms with Crippen LogP contribution in [0.15, 0.2) is 0 Å². The normalized spacial score (nSPS) is 24.4. The largest absolute Gasteiger partial charge is 0.350 e. The summed E-state index contributed by atoms with van der Waals surface area (Å²) < 4.78 is 0. The Morgan fingerprint density at radius 2 is 2.24 bits per heavy atom. The van der Waals surface area contributed by atoms with E-state index in [0.717, 1.165) is 26.1 Å². The van der Waals surface area contributed by atoms with Crippen LogP contribution in [0.2, 0.25) is 0 Å². The molecule has 1 fully saturated rings. The Morgan fingerprint density at radius 3 is 2.76 bits per heavy atom. The van der Waals surface area contributed by atoms with E-state index in [2.05, 4.69) is 43.2 Å². The van der Waals surface area contributed by atoms with E-state index in [1.807, 2.05) is 6.92 Å². The van der Waals surface area contributed by atoms with Gasteiger partial charge in [0.2, 0.25) is 5.91 Å². The molecule has 0 bridgehead atoms. The van der Waals surface area contributed by atoms with E-state index in [-0.39, 0.29) is 17.5 Å². The van der Waals surface area contributed by atoms with Crippen LogP contribution < -0.4 is 10.6 Å². The van der Waals surface area contributed by atoms with Gasteiger partial charge in [-0.2, -0.15) is 0 Å². The van der Waals surface area contributed by atoms with E-state index in [9.17, 15) is 4.79 Å². The Balaban J connectivity index is 2.51. The van der Waals surface area contributed by atoms with Gasteiger partial charge in [0.05, 0.1) is 6.04 Å². The van der Waals surface area contributed by atoms with Gasteiger partial charge in [-0.05, 0) is 34.1 Å². The highest BCUT2D eigenvalue weighted by atomic mass is 16.2. The molecule has 1 rings (SSSR count). The van der Waals surface area contributed by atoms with Crippen molar-refractivity contribution in [1.29, 1.82) is 0 Å². The van der Waals surface area contributed by atoms with Crippen molar-refractivity contribution in [3.63, 3.8) is 0 Å². The molecule has 0 spiro atoms. The highest BCUT2D eigenvalue weighted by Gasteiger charge is 2.28. The molecule has 0 radical (unpaired) electrons. The summed E-state index contributed by atoms with van der Waals surface area (Å²) in [5, 5.41) is 6.51. The number of carbonyl (C=O) groups is 1. The van der Waals surface area contributed by atoms with Gasteiger partial charge in [0.15, 0.2) is 0 Å². The molecule has 4 nitrogen and oxygen atoms in total. The SMILES string of the molecule is CCC(C)(C)NC(=O)C(C)N1CCNC(C)C1. The van der Waals surface area contributed by atoms with E-state index in [1.54, 1.807) is 0 Å². The van der Waals surface area contributed by atoms with Gasteiger partial charge in [-0.25, -0.2) is 0 Å². The number of hydrogen-bond donors (Lipinski definition) is 2. The first-order chi connectivity index (χ1) is 7.85. The highest BCUT2D eigenvalue weighted by molar-refractivity contribution is 5.82. The molecule has 2 N–H and O–H groups in total. The van der Waals surface area contributed by atoms with Gasteiger partial charge >= 0.3 is 0 Å². The Kier molecular flexibility index (Phi) is 4.95. The van der Waals surface area contributed by atoms with Crippen LogP contribution >= 0.6 is 0 Å². The standard InChI is InChI=1S/C13H27N3O/c1-6-13(4,5)15-12(17)11(3)16-8-7-14-10(2)9-16/h10-11,14H,6-9H2,1-5H3,(H,15,17). The van der Waals surface area contributed by atoms with Crippen molar-refractivity contribution in [2.45, 2.75) is 58.7 Å². The lowest BCUT2D eigenvalue weighted by Crippen LogP contribution is -2.58. The fourth-order valence-electron chi connectivity index (χ4n) is 2.01. The predicted octanol–water partition coefficient (Wildman–Crippen LogP) is 0.973. The van der Waals surface area contributed by atoms with Gasteiger partial charge in [0.1, 0.15) is 0 Å². The van der Waals surface area contributed by atoms with Crippen molar-refractivity contribution in [3.8, 4) is 0 Å². The Bertz CT molecular complexity index is 265. The van der Waals surface area contributed by atoms with E-state index in [1.165, 1.54) is 0 Å². The number of piperazine rings is 1. The van der Waals surface area contributed by atoms with Crippen molar-refractivity contribution < 1.29 is 4.79 Å². The molecule has 1 aliphatic heterocycles. The maximum absolute atomic E-state index is 12.2. The predicted molar refractivity (Wildman–Crippen MR) is 71.0 cm³/mol. The van der Waals surface area contributed by atoms with Crippen LogP contribution in [0.5, 0.6) is 0 Å². The second kappa shape index (κ2) is 5.83. The number of amides is 1. The maximum Gasteiger partial charge on any atom is 0.237 e. The summed E-state index contributed by atoms with van der Waals surface area (Å²) in [5.41, 5.74) is -0.106. The number of carbonyl (C=O) groups excluding carboxylic acids is 1. The molecule has 1 saturated heterocycles. The lowest BCUT2D eigenvalue weighted by Gasteiger charge is -2.37. The van der Waals surface area contributed by atoms with Crippen molar-refractivity contribution >= 4 is 5.91 Å².